The molecule has 0 saturated carbocycles. The van der Waals surface area contributed by atoms with E-state index in [1.807, 2.05) is 30.3 Å². The molecule has 1 unspecified atom stereocenters. The summed E-state index contributed by atoms with van der Waals surface area (Å²) in [7, 11) is 1.70. The molecule has 0 heterocycles. The number of ether oxygens (including phenoxy) is 2. The molecule has 2 N–H and O–H groups in total. The lowest BCUT2D eigenvalue weighted by atomic mass is 10.0. The minimum absolute atomic E-state index is 0.419. The highest BCUT2D eigenvalue weighted by Crippen LogP contribution is 2.22. The van der Waals surface area contributed by atoms with Crippen molar-refractivity contribution in [3.63, 3.8) is 0 Å². The van der Waals surface area contributed by atoms with E-state index in [4.69, 9.17) is 9.47 Å². The van der Waals surface area contributed by atoms with Crippen LogP contribution in [-0.2, 0) is 13.0 Å². The van der Waals surface area contributed by atoms with Crippen molar-refractivity contribution < 1.29 is 9.47 Å². The van der Waals surface area contributed by atoms with Crippen LogP contribution in [0.4, 0.5) is 0 Å². The van der Waals surface area contributed by atoms with Crippen LogP contribution in [0.25, 0.3) is 0 Å². The van der Waals surface area contributed by atoms with Gasteiger partial charge in [-0.1, -0.05) is 55.8 Å². The fraction of sp³-hybridized carbons (Fsp3) is 0.379. The number of aryl methyl sites for hydroxylation is 1. The van der Waals surface area contributed by atoms with Gasteiger partial charge in [0.25, 0.3) is 0 Å². The number of methoxy groups -OCH3 is 1. The van der Waals surface area contributed by atoms with Crippen molar-refractivity contribution in [2.75, 3.05) is 20.2 Å². The Hall–Kier alpha value is -2.82. The Bertz CT molecular complexity index is 952. The lowest BCUT2D eigenvalue weighted by Gasteiger charge is -2.21. The third-order valence-corrected chi connectivity index (χ3v) is 5.65. The Kier molecular flexibility index (Phi) is 9.79. The number of nitrogens with one attached hydrogen (secondary N) is 2. The van der Waals surface area contributed by atoms with Gasteiger partial charge in [-0.2, -0.15) is 0 Å². The maximum Gasteiger partial charge on any atom is 0.127 e. The quantitative estimate of drug-likeness (QED) is 0.310. The summed E-state index contributed by atoms with van der Waals surface area (Å²) >= 11 is 0. The number of hydrogen-bond donors (Lipinski definition) is 2. The zero-order valence-corrected chi connectivity index (χ0v) is 20.4. The molecule has 3 aromatic carbocycles. The third-order valence-electron chi connectivity index (χ3n) is 5.65. The third kappa shape index (κ3) is 8.91. The van der Waals surface area contributed by atoms with E-state index in [1.165, 1.54) is 16.7 Å². The van der Waals surface area contributed by atoms with E-state index < -0.39 is 0 Å². The highest BCUT2D eigenvalue weighted by Gasteiger charge is 2.11. The van der Waals surface area contributed by atoms with E-state index in [2.05, 4.69) is 73.9 Å². The van der Waals surface area contributed by atoms with E-state index in [0.717, 1.165) is 49.7 Å². The maximum absolute atomic E-state index is 6.03. The Balaban J connectivity index is 1.47. The molecule has 4 heteroatoms. The van der Waals surface area contributed by atoms with Crippen molar-refractivity contribution >= 4 is 0 Å². The van der Waals surface area contributed by atoms with Crippen LogP contribution in [0.15, 0.2) is 72.8 Å². The second-order valence-corrected chi connectivity index (χ2v) is 9.07. The van der Waals surface area contributed by atoms with E-state index in [9.17, 15) is 0 Å². The number of benzene rings is 3. The van der Waals surface area contributed by atoms with Crippen molar-refractivity contribution in [2.45, 2.75) is 46.2 Å². The van der Waals surface area contributed by atoms with Gasteiger partial charge in [-0.15, -0.1) is 0 Å². The van der Waals surface area contributed by atoms with Gasteiger partial charge < -0.3 is 20.1 Å². The first-order valence-electron chi connectivity index (χ1n) is 11.9. The van der Waals surface area contributed by atoms with Crippen molar-refractivity contribution in [1.29, 1.82) is 0 Å². The zero-order valence-electron chi connectivity index (χ0n) is 20.4. The van der Waals surface area contributed by atoms with Gasteiger partial charge in [0.1, 0.15) is 17.2 Å². The zero-order chi connectivity index (χ0) is 23.5. The second kappa shape index (κ2) is 13.0. The predicted molar refractivity (Wildman–Crippen MR) is 137 cm³/mol. The van der Waals surface area contributed by atoms with Crippen molar-refractivity contribution in [3.05, 3.63) is 89.5 Å². The molecule has 0 spiro atoms. The Labute approximate surface area is 199 Å². The Morgan fingerprint density at radius 2 is 1.55 bits per heavy atom. The van der Waals surface area contributed by atoms with Gasteiger partial charge in [-0.05, 0) is 79.8 Å². The average Bonchev–Trinajstić information content (AvgIpc) is 2.82. The molecule has 4 nitrogen and oxygen atoms in total. The van der Waals surface area contributed by atoms with Crippen LogP contribution in [0, 0.1) is 12.8 Å². The lowest BCUT2D eigenvalue weighted by molar-refractivity contribution is 0.397. The van der Waals surface area contributed by atoms with Gasteiger partial charge in [0.2, 0.25) is 0 Å². The smallest absolute Gasteiger partial charge is 0.127 e. The van der Waals surface area contributed by atoms with Gasteiger partial charge in [0, 0.05) is 19.1 Å². The molecule has 0 bridgehead atoms. The predicted octanol–water partition coefficient (Wildman–Crippen LogP) is 6.13. The van der Waals surface area contributed by atoms with E-state index in [1.54, 1.807) is 7.11 Å². The molecule has 0 aliphatic heterocycles. The first-order chi connectivity index (χ1) is 16.0. The molecule has 0 aliphatic rings. The first kappa shape index (κ1) is 24.8. The van der Waals surface area contributed by atoms with Gasteiger partial charge >= 0.3 is 0 Å². The minimum atomic E-state index is 0.419. The largest absolute Gasteiger partial charge is 0.497 e. The van der Waals surface area contributed by atoms with Gasteiger partial charge in [-0.3, -0.25) is 0 Å². The summed E-state index contributed by atoms with van der Waals surface area (Å²) in [6.07, 6.45) is 2.14. The normalized spacial score (nSPS) is 12.0. The summed E-state index contributed by atoms with van der Waals surface area (Å²) in [4.78, 5) is 0. The molecule has 0 aromatic heterocycles. The molecule has 33 heavy (non-hydrogen) atoms. The fourth-order valence-corrected chi connectivity index (χ4v) is 3.83. The van der Waals surface area contributed by atoms with E-state index in [-0.39, 0.29) is 0 Å². The first-order valence-corrected chi connectivity index (χ1v) is 11.9. The van der Waals surface area contributed by atoms with Crippen LogP contribution >= 0.6 is 0 Å². The topological polar surface area (TPSA) is 42.5 Å². The van der Waals surface area contributed by atoms with Crippen molar-refractivity contribution in [2.24, 2.45) is 5.92 Å². The van der Waals surface area contributed by atoms with Gasteiger partial charge in [0.05, 0.1) is 7.11 Å². The van der Waals surface area contributed by atoms with Crippen molar-refractivity contribution in [1.82, 2.24) is 10.6 Å². The van der Waals surface area contributed by atoms with Crippen LogP contribution in [0.1, 0.15) is 37.0 Å². The SMILES string of the molecule is COc1ccc(CCNCC(CC(C)C)NCc2cccc(Oc3ccc(C)cc3)c2)cc1. The molecule has 176 valence electrons. The molecule has 0 saturated heterocycles. The molecule has 0 fully saturated rings. The minimum Gasteiger partial charge on any atom is -0.497 e. The number of hydrogen-bond acceptors (Lipinski definition) is 4. The molecule has 1 atom stereocenters. The maximum atomic E-state index is 6.03. The van der Waals surface area contributed by atoms with Crippen LogP contribution in [0.5, 0.6) is 17.2 Å². The molecule has 0 amide bonds. The fourth-order valence-electron chi connectivity index (χ4n) is 3.83. The molecular formula is C29H38N2O2. The Morgan fingerprint density at radius 3 is 2.24 bits per heavy atom. The Morgan fingerprint density at radius 1 is 0.818 bits per heavy atom. The summed E-state index contributed by atoms with van der Waals surface area (Å²) in [5, 5.41) is 7.38. The second-order valence-electron chi connectivity index (χ2n) is 9.07. The average molecular weight is 447 g/mol. The van der Waals surface area contributed by atoms with Crippen LogP contribution in [-0.4, -0.2) is 26.2 Å². The van der Waals surface area contributed by atoms with Gasteiger partial charge in [0.15, 0.2) is 0 Å². The summed E-state index contributed by atoms with van der Waals surface area (Å²) in [5.41, 5.74) is 3.78. The number of rotatable bonds is 13. The van der Waals surface area contributed by atoms with Crippen LogP contribution < -0.4 is 20.1 Å². The molecular weight excluding hydrogens is 408 g/mol. The summed E-state index contributed by atoms with van der Waals surface area (Å²) in [6, 6.07) is 25.2. The van der Waals surface area contributed by atoms with E-state index >= 15 is 0 Å². The van der Waals surface area contributed by atoms with Gasteiger partial charge in [-0.25, -0.2) is 0 Å². The highest BCUT2D eigenvalue weighted by atomic mass is 16.5. The van der Waals surface area contributed by atoms with Crippen LogP contribution in [0.3, 0.4) is 0 Å². The molecule has 0 radical (unpaired) electrons. The summed E-state index contributed by atoms with van der Waals surface area (Å²) in [5.74, 6) is 3.28. The molecule has 3 rings (SSSR count). The summed E-state index contributed by atoms with van der Waals surface area (Å²) < 4.78 is 11.3. The standard InChI is InChI=1S/C29H38N2O2/c1-22(2)18-26(21-30-17-16-24-10-14-27(32-4)15-11-24)31-20-25-6-5-7-29(19-25)33-28-12-8-23(3)9-13-28/h5-15,19,22,26,30-31H,16-18,20-21H2,1-4H3. The lowest BCUT2D eigenvalue weighted by Crippen LogP contribution is -2.39. The molecule has 0 aliphatic carbocycles. The molecule has 3 aromatic rings. The van der Waals surface area contributed by atoms with Crippen LogP contribution in [0.2, 0.25) is 0 Å². The summed E-state index contributed by atoms with van der Waals surface area (Å²) in [6.45, 7) is 9.38. The van der Waals surface area contributed by atoms with E-state index in [0.29, 0.717) is 12.0 Å². The monoisotopic (exact) mass is 446 g/mol. The van der Waals surface area contributed by atoms with Crippen molar-refractivity contribution in [3.8, 4) is 17.2 Å². The highest BCUT2D eigenvalue weighted by molar-refractivity contribution is 5.35.